The highest BCUT2D eigenvalue weighted by atomic mass is 79.9. The van der Waals surface area contributed by atoms with Crippen LogP contribution < -0.4 is 0 Å². The van der Waals surface area contributed by atoms with E-state index in [-0.39, 0.29) is 18.1 Å². The second-order valence-electron chi connectivity index (χ2n) is 1.76. The minimum absolute atomic E-state index is 0.0192. The van der Waals surface area contributed by atoms with Gasteiger partial charge in [-0.1, -0.05) is 0 Å². The first-order valence-corrected chi connectivity index (χ1v) is 3.48. The first kappa shape index (κ1) is 7.50. The van der Waals surface area contributed by atoms with Crippen LogP contribution in [0.25, 0.3) is 0 Å². The lowest BCUT2D eigenvalue weighted by molar-refractivity contribution is 0.269. The number of nitrogens with zero attached hydrogens (tertiary/aromatic N) is 1. The number of halogens is 1. The summed E-state index contributed by atoms with van der Waals surface area (Å²) < 4.78 is 0.606. The summed E-state index contributed by atoms with van der Waals surface area (Å²) in [5.74, 6) is 0.0192. The summed E-state index contributed by atoms with van der Waals surface area (Å²) in [4.78, 5) is 3.81. The average Bonchev–Trinajstić information content (AvgIpc) is 1.94. The van der Waals surface area contributed by atoms with Crippen LogP contribution in [-0.2, 0) is 6.61 Å². The third-order valence-corrected chi connectivity index (χ3v) is 1.51. The zero-order valence-electron chi connectivity index (χ0n) is 5.08. The van der Waals surface area contributed by atoms with Gasteiger partial charge in [-0.05, 0) is 28.1 Å². The highest BCUT2D eigenvalue weighted by Gasteiger charge is 1.99. The lowest BCUT2D eigenvalue weighted by atomic mass is 10.3. The van der Waals surface area contributed by atoms with Gasteiger partial charge in [0.2, 0.25) is 0 Å². The van der Waals surface area contributed by atoms with Gasteiger partial charge < -0.3 is 10.2 Å². The Bertz CT molecular complexity index is 239. The van der Waals surface area contributed by atoms with E-state index < -0.39 is 0 Å². The number of aliphatic hydroxyl groups excluding tert-OH is 1. The van der Waals surface area contributed by atoms with E-state index in [0.717, 1.165) is 0 Å². The Morgan fingerprint density at radius 3 is 2.70 bits per heavy atom. The topological polar surface area (TPSA) is 53.4 Å². The predicted octanol–water partition coefficient (Wildman–Crippen LogP) is 1.04. The third-order valence-electron chi connectivity index (χ3n) is 1.07. The van der Waals surface area contributed by atoms with Crippen LogP contribution >= 0.6 is 15.9 Å². The second-order valence-corrected chi connectivity index (χ2v) is 2.57. The van der Waals surface area contributed by atoms with E-state index in [9.17, 15) is 0 Å². The van der Waals surface area contributed by atoms with Crippen molar-refractivity contribution in [3.05, 3.63) is 22.4 Å². The highest BCUT2D eigenvalue weighted by Crippen LogP contribution is 2.17. The van der Waals surface area contributed by atoms with E-state index in [1.807, 2.05) is 0 Å². The van der Waals surface area contributed by atoms with Crippen molar-refractivity contribution < 1.29 is 10.2 Å². The molecule has 3 nitrogen and oxygen atoms in total. The van der Waals surface area contributed by atoms with Crippen molar-refractivity contribution in [2.75, 3.05) is 0 Å². The van der Waals surface area contributed by atoms with Crippen molar-refractivity contribution in [3.8, 4) is 5.75 Å². The Morgan fingerprint density at radius 2 is 2.20 bits per heavy atom. The van der Waals surface area contributed by atoms with Crippen LogP contribution in [0, 0.1) is 0 Å². The maximum Gasteiger partial charge on any atom is 0.139 e. The molecule has 1 heterocycles. The Kier molecular flexibility index (Phi) is 2.24. The minimum atomic E-state index is -0.245. The summed E-state index contributed by atoms with van der Waals surface area (Å²) in [6.07, 6.45) is 0. The zero-order chi connectivity index (χ0) is 7.56. The summed E-state index contributed by atoms with van der Waals surface area (Å²) in [6, 6.07) is 3.08. The van der Waals surface area contributed by atoms with Gasteiger partial charge in [0.25, 0.3) is 0 Å². The lowest BCUT2D eigenvalue weighted by Gasteiger charge is -1.98. The van der Waals surface area contributed by atoms with Gasteiger partial charge in [-0.3, -0.25) is 0 Å². The second kappa shape index (κ2) is 2.98. The quantitative estimate of drug-likeness (QED) is 0.672. The molecule has 1 aromatic heterocycles. The molecule has 4 heteroatoms. The van der Waals surface area contributed by atoms with Crippen LogP contribution in [0.2, 0.25) is 0 Å². The number of aliphatic hydroxyl groups is 1. The molecule has 54 valence electrons. The summed E-state index contributed by atoms with van der Waals surface area (Å²) >= 11 is 3.10. The van der Waals surface area contributed by atoms with Gasteiger partial charge >= 0.3 is 0 Å². The Labute approximate surface area is 66.5 Å². The number of rotatable bonds is 1. The minimum Gasteiger partial charge on any atom is -0.506 e. The zero-order valence-corrected chi connectivity index (χ0v) is 6.67. The molecule has 0 unspecified atom stereocenters. The summed E-state index contributed by atoms with van der Waals surface area (Å²) in [7, 11) is 0. The maximum atomic E-state index is 8.99. The molecule has 1 rings (SSSR count). The highest BCUT2D eigenvalue weighted by molar-refractivity contribution is 9.10. The molecule has 2 N–H and O–H groups in total. The fraction of sp³-hybridized carbons (Fsp3) is 0.167. The fourth-order valence-corrected chi connectivity index (χ4v) is 0.930. The van der Waals surface area contributed by atoms with Gasteiger partial charge in [-0.15, -0.1) is 0 Å². The Balaban J connectivity index is 3.09. The standard InChI is InChI=1S/C6H6BrNO2/c7-6-2-1-5(10)4(3-9)8-6/h1-2,9-10H,3H2. The van der Waals surface area contributed by atoms with Gasteiger partial charge in [0.15, 0.2) is 0 Å². The summed E-state index contributed by atoms with van der Waals surface area (Å²) in [5, 5.41) is 17.6. The maximum absolute atomic E-state index is 8.99. The van der Waals surface area contributed by atoms with E-state index in [4.69, 9.17) is 10.2 Å². The molecular weight excluding hydrogens is 198 g/mol. The molecule has 0 fully saturated rings. The molecule has 0 bridgehead atoms. The molecule has 0 spiro atoms. The SMILES string of the molecule is OCc1nc(Br)ccc1O. The molecule has 0 aromatic carbocycles. The van der Waals surface area contributed by atoms with Gasteiger partial charge in [-0.2, -0.15) is 0 Å². The van der Waals surface area contributed by atoms with E-state index in [1.54, 1.807) is 6.07 Å². The van der Waals surface area contributed by atoms with Crippen LogP contribution in [0.15, 0.2) is 16.7 Å². The number of pyridine rings is 1. The molecule has 1 aromatic rings. The van der Waals surface area contributed by atoms with Crippen LogP contribution in [-0.4, -0.2) is 15.2 Å². The van der Waals surface area contributed by atoms with Crippen molar-refractivity contribution in [2.24, 2.45) is 0 Å². The fourth-order valence-electron chi connectivity index (χ4n) is 0.584. The van der Waals surface area contributed by atoms with Crippen molar-refractivity contribution >= 4 is 15.9 Å². The molecule has 0 aliphatic heterocycles. The van der Waals surface area contributed by atoms with Crippen molar-refractivity contribution in [1.82, 2.24) is 4.98 Å². The molecular formula is C6H6BrNO2. The predicted molar refractivity (Wildman–Crippen MR) is 39.5 cm³/mol. The van der Waals surface area contributed by atoms with Crippen molar-refractivity contribution in [1.29, 1.82) is 0 Å². The smallest absolute Gasteiger partial charge is 0.139 e. The molecule has 0 radical (unpaired) electrons. The van der Waals surface area contributed by atoms with Crippen molar-refractivity contribution in [2.45, 2.75) is 6.61 Å². The van der Waals surface area contributed by atoms with Crippen LogP contribution in [0.1, 0.15) is 5.69 Å². The van der Waals surface area contributed by atoms with E-state index in [1.165, 1.54) is 6.07 Å². The number of hydrogen-bond acceptors (Lipinski definition) is 3. The normalized spacial score (nSPS) is 9.80. The Morgan fingerprint density at radius 1 is 1.50 bits per heavy atom. The molecule has 10 heavy (non-hydrogen) atoms. The van der Waals surface area contributed by atoms with Crippen molar-refractivity contribution in [3.63, 3.8) is 0 Å². The number of hydrogen-bond donors (Lipinski definition) is 2. The molecule has 0 saturated carbocycles. The number of aromatic hydroxyl groups is 1. The molecule has 0 aliphatic rings. The molecule has 0 amide bonds. The van der Waals surface area contributed by atoms with Gasteiger partial charge in [0, 0.05) is 0 Å². The van der Waals surface area contributed by atoms with E-state index >= 15 is 0 Å². The average molecular weight is 204 g/mol. The Hall–Kier alpha value is -0.610. The lowest BCUT2D eigenvalue weighted by Crippen LogP contribution is -1.89. The first-order chi connectivity index (χ1) is 4.74. The van der Waals surface area contributed by atoms with Crippen LogP contribution in [0.5, 0.6) is 5.75 Å². The first-order valence-electron chi connectivity index (χ1n) is 2.69. The van der Waals surface area contributed by atoms with Gasteiger partial charge in [0.05, 0.1) is 6.61 Å². The van der Waals surface area contributed by atoms with Crippen LogP contribution in [0.4, 0.5) is 0 Å². The van der Waals surface area contributed by atoms with E-state index in [0.29, 0.717) is 4.60 Å². The summed E-state index contributed by atoms with van der Waals surface area (Å²) in [6.45, 7) is -0.245. The van der Waals surface area contributed by atoms with Gasteiger partial charge in [-0.25, -0.2) is 4.98 Å². The van der Waals surface area contributed by atoms with Gasteiger partial charge in [0.1, 0.15) is 16.0 Å². The largest absolute Gasteiger partial charge is 0.506 e. The number of aromatic nitrogens is 1. The molecule has 0 aliphatic carbocycles. The molecule has 0 saturated heterocycles. The molecule has 0 atom stereocenters. The third kappa shape index (κ3) is 1.46. The monoisotopic (exact) mass is 203 g/mol. The van der Waals surface area contributed by atoms with E-state index in [2.05, 4.69) is 20.9 Å². The summed E-state index contributed by atoms with van der Waals surface area (Å²) in [5.41, 5.74) is 0.286. The van der Waals surface area contributed by atoms with Crippen LogP contribution in [0.3, 0.4) is 0 Å².